The van der Waals surface area contributed by atoms with E-state index in [2.05, 4.69) is 51.2 Å². The lowest BCUT2D eigenvalue weighted by Crippen LogP contribution is -2.39. The van der Waals surface area contributed by atoms with Gasteiger partial charge >= 0.3 is 0 Å². The van der Waals surface area contributed by atoms with Crippen molar-refractivity contribution in [3.05, 3.63) is 48.3 Å². The average Bonchev–Trinajstić information content (AvgIpc) is 3.12. The van der Waals surface area contributed by atoms with Crippen LogP contribution in [0.25, 0.3) is 22.4 Å². The summed E-state index contributed by atoms with van der Waals surface area (Å²) in [5.74, 6) is 0.947. The molecule has 0 saturated carbocycles. The second-order valence-corrected chi connectivity index (χ2v) is 6.22. The molecule has 1 aliphatic rings. The Morgan fingerprint density at radius 3 is 2.82 bits per heavy atom. The third kappa shape index (κ3) is 2.24. The summed E-state index contributed by atoms with van der Waals surface area (Å²) in [7, 11) is 0. The number of nitrogens with zero attached hydrogens (tertiary/aromatic N) is 3. The van der Waals surface area contributed by atoms with Crippen molar-refractivity contribution in [2.45, 2.75) is 19.4 Å². The molecule has 5 nitrogen and oxygen atoms in total. The maximum atomic E-state index is 4.65. The largest absolute Gasteiger partial charge is 0.363 e. The van der Waals surface area contributed by atoms with Gasteiger partial charge in [0, 0.05) is 17.3 Å². The molecule has 0 atom stereocenters. The molecule has 4 rings (SSSR count). The van der Waals surface area contributed by atoms with Gasteiger partial charge in [-0.25, -0.2) is 9.97 Å². The van der Waals surface area contributed by atoms with Crippen molar-refractivity contribution >= 4 is 17.0 Å². The molecule has 0 amide bonds. The summed E-state index contributed by atoms with van der Waals surface area (Å²) in [6.07, 6.45) is 3.65. The van der Waals surface area contributed by atoms with Gasteiger partial charge in [-0.3, -0.25) is 4.99 Å². The van der Waals surface area contributed by atoms with Crippen molar-refractivity contribution in [3.63, 3.8) is 0 Å². The van der Waals surface area contributed by atoms with Gasteiger partial charge < -0.3 is 10.3 Å². The summed E-state index contributed by atoms with van der Waals surface area (Å²) >= 11 is 0. The number of aliphatic imine (C=N–C) groups is 1. The molecule has 0 saturated heterocycles. The van der Waals surface area contributed by atoms with E-state index in [1.165, 1.54) is 0 Å². The van der Waals surface area contributed by atoms with Gasteiger partial charge in [0.05, 0.1) is 24.0 Å². The number of aromatic amines is 1. The molecule has 0 spiro atoms. The molecule has 22 heavy (non-hydrogen) atoms. The lowest BCUT2D eigenvalue weighted by atomic mass is 10.1. The van der Waals surface area contributed by atoms with E-state index < -0.39 is 0 Å². The molecule has 0 radical (unpaired) electrons. The van der Waals surface area contributed by atoms with Gasteiger partial charge in [0.25, 0.3) is 0 Å². The number of fused-ring (bicyclic) bond motifs is 1. The van der Waals surface area contributed by atoms with E-state index in [0.717, 1.165) is 40.4 Å². The summed E-state index contributed by atoms with van der Waals surface area (Å²) in [4.78, 5) is 16.7. The number of H-pyrrole nitrogens is 1. The van der Waals surface area contributed by atoms with E-state index in [1.54, 1.807) is 6.20 Å². The van der Waals surface area contributed by atoms with Crippen LogP contribution in [-0.4, -0.2) is 32.9 Å². The van der Waals surface area contributed by atoms with Gasteiger partial charge in [-0.05, 0) is 26.0 Å². The molecule has 3 aromatic rings. The molecule has 0 fully saturated rings. The van der Waals surface area contributed by atoms with Crippen LogP contribution in [0.15, 0.2) is 47.7 Å². The van der Waals surface area contributed by atoms with E-state index >= 15 is 0 Å². The van der Waals surface area contributed by atoms with Crippen molar-refractivity contribution in [2.24, 2.45) is 4.99 Å². The van der Waals surface area contributed by atoms with Crippen LogP contribution in [-0.2, 0) is 0 Å². The number of rotatable bonds is 2. The van der Waals surface area contributed by atoms with Crippen LogP contribution >= 0.6 is 0 Å². The first kappa shape index (κ1) is 13.0. The standard InChI is InChI=1S/C17H17N5/c1-17(2)10-20-15(22-17)12-5-3-4-11(8-12)14-9-19-16-13(21-14)6-7-18-16/h3-9H,10H2,1-2H3,(H,18,19)(H,20,22). The van der Waals surface area contributed by atoms with Gasteiger partial charge in [-0.1, -0.05) is 18.2 Å². The number of aromatic nitrogens is 3. The van der Waals surface area contributed by atoms with Crippen LogP contribution in [0.1, 0.15) is 19.4 Å². The average molecular weight is 291 g/mol. The highest BCUT2D eigenvalue weighted by Crippen LogP contribution is 2.21. The molecule has 2 N–H and O–H groups in total. The highest BCUT2D eigenvalue weighted by Gasteiger charge is 2.25. The molecule has 3 heterocycles. The van der Waals surface area contributed by atoms with Crippen LogP contribution in [0.4, 0.5) is 0 Å². The highest BCUT2D eigenvalue weighted by atomic mass is 15.1. The minimum Gasteiger partial charge on any atom is -0.363 e. The van der Waals surface area contributed by atoms with Crippen molar-refractivity contribution in [3.8, 4) is 11.3 Å². The predicted octanol–water partition coefficient (Wildman–Crippen LogP) is 2.75. The lowest BCUT2D eigenvalue weighted by Gasteiger charge is -2.18. The summed E-state index contributed by atoms with van der Waals surface area (Å²) in [5, 5.41) is 3.46. The van der Waals surface area contributed by atoms with Crippen LogP contribution in [0.2, 0.25) is 0 Å². The topological polar surface area (TPSA) is 66.0 Å². The zero-order valence-electron chi connectivity index (χ0n) is 12.6. The normalized spacial score (nSPS) is 16.5. The van der Waals surface area contributed by atoms with E-state index in [1.807, 2.05) is 24.4 Å². The molecule has 1 aliphatic heterocycles. The van der Waals surface area contributed by atoms with Crippen molar-refractivity contribution in [1.82, 2.24) is 20.3 Å². The Balaban J connectivity index is 1.72. The maximum Gasteiger partial charge on any atom is 0.156 e. The molecule has 2 aromatic heterocycles. The molecule has 5 heteroatoms. The first-order valence-electron chi connectivity index (χ1n) is 7.34. The summed E-state index contributed by atoms with van der Waals surface area (Å²) in [5.41, 5.74) is 4.70. The number of benzene rings is 1. The minimum atomic E-state index is 0.0230. The van der Waals surface area contributed by atoms with Gasteiger partial charge in [-0.15, -0.1) is 0 Å². The van der Waals surface area contributed by atoms with Crippen LogP contribution in [0.3, 0.4) is 0 Å². The van der Waals surface area contributed by atoms with Crippen LogP contribution < -0.4 is 5.32 Å². The smallest absolute Gasteiger partial charge is 0.156 e. The number of hydrogen-bond donors (Lipinski definition) is 2. The van der Waals surface area contributed by atoms with Gasteiger partial charge in [0.2, 0.25) is 0 Å². The SMILES string of the molecule is CC1(C)CN=C(c2cccc(-c3cnc4[nH]ccc4n3)c2)N1. The first-order valence-corrected chi connectivity index (χ1v) is 7.34. The Labute approximate surface area is 128 Å². The maximum absolute atomic E-state index is 4.65. The molecular weight excluding hydrogens is 274 g/mol. The first-order chi connectivity index (χ1) is 10.6. The van der Waals surface area contributed by atoms with Crippen LogP contribution in [0.5, 0.6) is 0 Å². The fourth-order valence-corrected chi connectivity index (χ4v) is 2.64. The molecule has 0 unspecified atom stereocenters. The Kier molecular flexibility index (Phi) is 2.76. The van der Waals surface area contributed by atoms with E-state index in [-0.39, 0.29) is 5.54 Å². The quantitative estimate of drug-likeness (QED) is 0.763. The second kappa shape index (κ2) is 4.66. The molecular formula is C17H17N5. The zero-order valence-corrected chi connectivity index (χ0v) is 12.6. The van der Waals surface area contributed by atoms with E-state index in [4.69, 9.17) is 0 Å². The van der Waals surface area contributed by atoms with Gasteiger partial charge in [-0.2, -0.15) is 0 Å². The zero-order chi connectivity index (χ0) is 15.2. The monoisotopic (exact) mass is 291 g/mol. The lowest BCUT2D eigenvalue weighted by molar-refractivity contribution is 0.506. The summed E-state index contributed by atoms with van der Waals surface area (Å²) in [6.45, 7) is 5.10. The number of amidine groups is 1. The molecule has 0 aliphatic carbocycles. The van der Waals surface area contributed by atoms with Crippen LogP contribution in [0, 0.1) is 0 Å². The van der Waals surface area contributed by atoms with Crippen molar-refractivity contribution in [1.29, 1.82) is 0 Å². The Morgan fingerprint density at radius 1 is 1.14 bits per heavy atom. The van der Waals surface area contributed by atoms with E-state index in [9.17, 15) is 0 Å². The fourth-order valence-electron chi connectivity index (χ4n) is 2.64. The highest BCUT2D eigenvalue weighted by molar-refractivity contribution is 6.01. The number of nitrogens with one attached hydrogen (secondary N) is 2. The second-order valence-electron chi connectivity index (χ2n) is 6.22. The molecule has 110 valence electrons. The number of hydrogen-bond acceptors (Lipinski definition) is 4. The van der Waals surface area contributed by atoms with Gasteiger partial charge in [0.15, 0.2) is 5.65 Å². The van der Waals surface area contributed by atoms with E-state index in [0.29, 0.717) is 0 Å². The van der Waals surface area contributed by atoms with Gasteiger partial charge in [0.1, 0.15) is 11.4 Å². The van der Waals surface area contributed by atoms with Crippen molar-refractivity contribution in [2.75, 3.05) is 6.54 Å². The molecule has 0 bridgehead atoms. The summed E-state index contributed by atoms with van der Waals surface area (Å²) < 4.78 is 0. The third-order valence-electron chi connectivity index (χ3n) is 3.78. The fraction of sp³-hybridized carbons (Fsp3) is 0.235. The molecule has 1 aromatic carbocycles. The third-order valence-corrected chi connectivity index (χ3v) is 3.78. The minimum absolute atomic E-state index is 0.0230. The summed E-state index contributed by atoms with van der Waals surface area (Å²) in [6, 6.07) is 10.2. The Morgan fingerprint density at radius 2 is 2.00 bits per heavy atom. The van der Waals surface area contributed by atoms with Crippen molar-refractivity contribution < 1.29 is 0 Å². The Bertz CT molecular complexity index is 875. The predicted molar refractivity (Wildman–Crippen MR) is 87.9 cm³/mol. The Hall–Kier alpha value is -2.69.